The molecule has 8 nitrogen and oxygen atoms in total. The van der Waals surface area contributed by atoms with Gasteiger partial charge in [0.1, 0.15) is 12.2 Å². The molecule has 0 radical (unpaired) electrons. The number of hydrogen-bond donors (Lipinski definition) is 1. The van der Waals surface area contributed by atoms with Crippen molar-refractivity contribution < 1.29 is 14.3 Å². The van der Waals surface area contributed by atoms with Crippen molar-refractivity contribution in [3.05, 3.63) is 30.2 Å². The Kier molecular flexibility index (Phi) is 2.64. The van der Waals surface area contributed by atoms with Gasteiger partial charge in [-0.25, -0.2) is 9.50 Å². The standard InChI is InChI=1S/C13H13N5O3/c19-11-7-21-10-6-17(5-9(10)16-11)13(20)8-4-15-18-3-1-2-14-12(8)18/h1-4,9-10H,5-7H2,(H,16,19)/t9-,10-/m0/s1. The van der Waals surface area contributed by atoms with E-state index in [4.69, 9.17) is 4.74 Å². The number of aromatic nitrogens is 3. The number of nitrogens with zero attached hydrogens (tertiary/aromatic N) is 4. The molecular formula is C13H13N5O3. The summed E-state index contributed by atoms with van der Waals surface area (Å²) in [6.07, 6.45) is 4.75. The number of carbonyl (C=O) groups is 2. The van der Waals surface area contributed by atoms with Gasteiger partial charge >= 0.3 is 0 Å². The number of morpholine rings is 1. The van der Waals surface area contributed by atoms with Gasteiger partial charge < -0.3 is 15.0 Å². The van der Waals surface area contributed by atoms with Crippen LogP contribution in [0.25, 0.3) is 5.65 Å². The van der Waals surface area contributed by atoms with Crippen molar-refractivity contribution in [2.75, 3.05) is 19.7 Å². The molecule has 8 heteroatoms. The predicted molar refractivity (Wildman–Crippen MR) is 70.6 cm³/mol. The summed E-state index contributed by atoms with van der Waals surface area (Å²) in [5.41, 5.74) is 0.989. The van der Waals surface area contributed by atoms with Gasteiger partial charge in [0, 0.05) is 25.5 Å². The van der Waals surface area contributed by atoms with E-state index in [-0.39, 0.29) is 30.6 Å². The Labute approximate surface area is 119 Å². The molecule has 2 aromatic rings. The summed E-state index contributed by atoms with van der Waals surface area (Å²) >= 11 is 0. The number of nitrogens with one attached hydrogen (secondary N) is 1. The normalized spacial score (nSPS) is 25.0. The fraction of sp³-hybridized carbons (Fsp3) is 0.385. The molecule has 1 N–H and O–H groups in total. The van der Waals surface area contributed by atoms with Crippen LogP contribution in [-0.2, 0) is 9.53 Å². The number of ether oxygens (including phenoxy) is 1. The number of hydrogen-bond acceptors (Lipinski definition) is 5. The summed E-state index contributed by atoms with van der Waals surface area (Å²) in [6, 6.07) is 1.62. The molecule has 0 spiro atoms. The second-order valence-electron chi connectivity index (χ2n) is 5.18. The van der Waals surface area contributed by atoms with E-state index in [1.807, 2.05) is 0 Å². The second-order valence-corrected chi connectivity index (χ2v) is 5.18. The highest BCUT2D eigenvalue weighted by molar-refractivity contribution is 5.99. The van der Waals surface area contributed by atoms with E-state index in [0.29, 0.717) is 24.3 Å². The Morgan fingerprint density at radius 1 is 1.43 bits per heavy atom. The minimum atomic E-state index is -0.143. The Hall–Kier alpha value is -2.48. The van der Waals surface area contributed by atoms with Gasteiger partial charge in [0.05, 0.1) is 18.3 Å². The van der Waals surface area contributed by atoms with Crippen LogP contribution in [0.3, 0.4) is 0 Å². The third kappa shape index (κ3) is 1.95. The topological polar surface area (TPSA) is 88.8 Å². The van der Waals surface area contributed by atoms with Crippen LogP contribution < -0.4 is 5.32 Å². The average molecular weight is 287 g/mol. The molecule has 0 unspecified atom stereocenters. The van der Waals surface area contributed by atoms with E-state index in [0.717, 1.165) is 0 Å². The molecule has 2 atom stereocenters. The fourth-order valence-electron chi connectivity index (χ4n) is 2.83. The zero-order valence-corrected chi connectivity index (χ0v) is 11.1. The lowest BCUT2D eigenvalue weighted by Gasteiger charge is -2.24. The summed E-state index contributed by atoms with van der Waals surface area (Å²) in [5.74, 6) is -0.279. The molecule has 2 aromatic heterocycles. The Morgan fingerprint density at radius 3 is 3.24 bits per heavy atom. The van der Waals surface area contributed by atoms with Gasteiger partial charge in [-0.3, -0.25) is 9.59 Å². The molecule has 0 saturated carbocycles. The lowest BCUT2D eigenvalue weighted by molar-refractivity contribution is -0.134. The quantitative estimate of drug-likeness (QED) is 0.732. The summed E-state index contributed by atoms with van der Waals surface area (Å²) in [5, 5.41) is 6.97. The van der Waals surface area contributed by atoms with Crippen molar-refractivity contribution in [2.24, 2.45) is 0 Å². The number of likely N-dealkylation sites (tertiary alicyclic amines) is 1. The first-order valence-electron chi connectivity index (χ1n) is 6.71. The molecule has 0 aromatic carbocycles. The van der Waals surface area contributed by atoms with E-state index < -0.39 is 0 Å². The molecule has 4 rings (SSSR count). The highest BCUT2D eigenvalue weighted by Gasteiger charge is 2.40. The Bertz CT molecular complexity index is 727. The molecule has 2 saturated heterocycles. The maximum atomic E-state index is 12.6. The highest BCUT2D eigenvalue weighted by Crippen LogP contribution is 2.20. The minimum Gasteiger partial charge on any atom is -0.364 e. The van der Waals surface area contributed by atoms with Crippen LogP contribution >= 0.6 is 0 Å². The molecule has 4 heterocycles. The summed E-state index contributed by atoms with van der Waals surface area (Å²) in [7, 11) is 0. The number of rotatable bonds is 1. The lowest BCUT2D eigenvalue weighted by Crippen LogP contribution is -2.50. The van der Waals surface area contributed by atoms with Gasteiger partial charge in [-0.2, -0.15) is 5.10 Å². The Morgan fingerprint density at radius 2 is 2.33 bits per heavy atom. The van der Waals surface area contributed by atoms with Crippen LogP contribution in [0, 0.1) is 0 Å². The SMILES string of the molecule is O=C1CO[C@H]2CN(C(=O)c3cnn4cccnc34)C[C@@H]2N1. The van der Waals surface area contributed by atoms with E-state index in [2.05, 4.69) is 15.4 Å². The summed E-state index contributed by atoms with van der Waals surface area (Å²) in [4.78, 5) is 29.8. The van der Waals surface area contributed by atoms with Crippen molar-refractivity contribution >= 4 is 17.5 Å². The molecule has 0 bridgehead atoms. The predicted octanol–water partition coefficient (Wildman–Crippen LogP) is -0.931. The van der Waals surface area contributed by atoms with Gasteiger partial charge in [-0.15, -0.1) is 0 Å². The van der Waals surface area contributed by atoms with Gasteiger partial charge in [-0.1, -0.05) is 0 Å². The third-order valence-corrected chi connectivity index (χ3v) is 3.84. The third-order valence-electron chi connectivity index (χ3n) is 3.84. The van der Waals surface area contributed by atoms with E-state index >= 15 is 0 Å². The van der Waals surface area contributed by atoms with E-state index in [9.17, 15) is 9.59 Å². The smallest absolute Gasteiger partial charge is 0.259 e. The van der Waals surface area contributed by atoms with Crippen LogP contribution in [0.15, 0.2) is 24.7 Å². The minimum absolute atomic E-state index is 0.0570. The summed E-state index contributed by atoms with van der Waals surface area (Å²) < 4.78 is 7.02. The van der Waals surface area contributed by atoms with Gasteiger partial charge in [-0.05, 0) is 6.07 Å². The Balaban J connectivity index is 1.60. The van der Waals surface area contributed by atoms with Crippen molar-refractivity contribution in [3.63, 3.8) is 0 Å². The molecule has 2 amide bonds. The maximum Gasteiger partial charge on any atom is 0.259 e. The van der Waals surface area contributed by atoms with Crippen molar-refractivity contribution in [1.82, 2.24) is 24.8 Å². The highest BCUT2D eigenvalue weighted by atomic mass is 16.5. The molecule has 21 heavy (non-hydrogen) atoms. The second kappa shape index (κ2) is 4.52. The van der Waals surface area contributed by atoms with Crippen molar-refractivity contribution in [2.45, 2.75) is 12.1 Å². The van der Waals surface area contributed by atoms with Crippen molar-refractivity contribution in [3.8, 4) is 0 Å². The number of fused-ring (bicyclic) bond motifs is 2. The average Bonchev–Trinajstić information content (AvgIpc) is 3.09. The first-order valence-corrected chi connectivity index (χ1v) is 6.71. The fourth-order valence-corrected chi connectivity index (χ4v) is 2.83. The zero-order chi connectivity index (χ0) is 14.4. The first kappa shape index (κ1) is 12.3. The van der Waals surface area contributed by atoms with Gasteiger partial charge in [0.2, 0.25) is 5.91 Å². The van der Waals surface area contributed by atoms with Crippen LogP contribution in [0.2, 0.25) is 0 Å². The van der Waals surface area contributed by atoms with Crippen molar-refractivity contribution in [1.29, 1.82) is 0 Å². The van der Waals surface area contributed by atoms with Crippen LogP contribution in [0.4, 0.5) is 0 Å². The lowest BCUT2D eigenvalue weighted by atomic mass is 10.2. The van der Waals surface area contributed by atoms with Crippen LogP contribution in [0.5, 0.6) is 0 Å². The monoisotopic (exact) mass is 287 g/mol. The number of carbonyl (C=O) groups excluding carboxylic acids is 2. The van der Waals surface area contributed by atoms with Gasteiger partial charge in [0.15, 0.2) is 5.65 Å². The molecule has 0 aliphatic carbocycles. The molecular weight excluding hydrogens is 274 g/mol. The first-order chi connectivity index (χ1) is 10.2. The summed E-state index contributed by atoms with van der Waals surface area (Å²) in [6.45, 7) is 0.967. The molecule has 2 aliphatic rings. The van der Waals surface area contributed by atoms with Gasteiger partial charge in [0.25, 0.3) is 5.91 Å². The zero-order valence-electron chi connectivity index (χ0n) is 11.1. The van der Waals surface area contributed by atoms with E-state index in [1.165, 1.54) is 6.20 Å². The largest absolute Gasteiger partial charge is 0.364 e. The molecule has 2 aliphatic heterocycles. The molecule has 108 valence electrons. The van der Waals surface area contributed by atoms with Crippen LogP contribution in [-0.4, -0.2) is 63.2 Å². The van der Waals surface area contributed by atoms with E-state index in [1.54, 1.807) is 27.9 Å². The van der Waals surface area contributed by atoms with Crippen LogP contribution in [0.1, 0.15) is 10.4 Å². The number of amides is 2. The maximum absolute atomic E-state index is 12.6. The molecule has 2 fully saturated rings.